The summed E-state index contributed by atoms with van der Waals surface area (Å²) in [6, 6.07) is 6.48. The highest BCUT2D eigenvalue weighted by Gasteiger charge is 2.35. The van der Waals surface area contributed by atoms with E-state index in [2.05, 4.69) is 0 Å². The van der Waals surface area contributed by atoms with Crippen LogP contribution in [0.25, 0.3) is 0 Å². The van der Waals surface area contributed by atoms with Gasteiger partial charge in [0, 0.05) is 17.5 Å². The van der Waals surface area contributed by atoms with E-state index in [0.29, 0.717) is 11.1 Å². The van der Waals surface area contributed by atoms with E-state index in [0.717, 1.165) is 37.9 Å². The summed E-state index contributed by atoms with van der Waals surface area (Å²) in [5.41, 5.74) is 6.95. The van der Waals surface area contributed by atoms with Gasteiger partial charge in [-0.1, -0.05) is 23.7 Å². The third-order valence-corrected chi connectivity index (χ3v) is 4.81. The smallest absolute Gasteiger partial charge is 0.321 e. The van der Waals surface area contributed by atoms with E-state index in [9.17, 15) is 9.90 Å². The Balaban J connectivity index is 2.15. The Bertz CT molecular complexity index is 483. The summed E-state index contributed by atoms with van der Waals surface area (Å²) in [6.07, 6.45) is 4.12. The molecule has 2 rings (SSSR count). The Labute approximate surface area is 136 Å². The fourth-order valence-corrected chi connectivity index (χ4v) is 3.59. The first-order valence-corrected chi connectivity index (χ1v) is 8.26. The zero-order valence-corrected chi connectivity index (χ0v) is 13.6. The standard InChI is InChI=1S/C17H24ClNO3/c1-2-22-14-9-5-12(6-10-14)15(16(19)17(20)21)11-3-7-13(18)8-4-11/h3-4,7-8,12,14-16H,2,5-6,9-10,19H2,1H3,(H,20,21)/t12-,14-,15-,16-/m0/s1. The van der Waals surface area contributed by atoms with Gasteiger partial charge in [0.15, 0.2) is 0 Å². The Hall–Kier alpha value is -1.10. The van der Waals surface area contributed by atoms with Crippen LogP contribution in [0.15, 0.2) is 24.3 Å². The Kier molecular flexibility index (Phi) is 6.24. The van der Waals surface area contributed by atoms with Gasteiger partial charge in [0.1, 0.15) is 6.04 Å². The molecule has 5 heteroatoms. The minimum absolute atomic E-state index is 0.183. The topological polar surface area (TPSA) is 72.5 Å². The highest BCUT2D eigenvalue weighted by atomic mass is 35.5. The van der Waals surface area contributed by atoms with Crippen LogP contribution >= 0.6 is 11.6 Å². The van der Waals surface area contributed by atoms with Gasteiger partial charge in [-0.2, -0.15) is 0 Å². The molecule has 0 heterocycles. The van der Waals surface area contributed by atoms with Crippen molar-refractivity contribution in [1.29, 1.82) is 0 Å². The molecule has 3 N–H and O–H groups in total. The van der Waals surface area contributed by atoms with Crippen molar-refractivity contribution in [3.05, 3.63) is 34.9 Å². The van der Waals surface area contributed by atoms with Gasteiger partial charge in [0.25, 0.3) is 0 Å². The first-order chi connectivity index (χ1) is 10.5. The highest BCUT2D eigenvalue weighted by molar-refractivity contribution is 6.30. The molecule has 0 unspecified atom stereocenters. The summed E-state index contributed by atoms with van der Waals surface area (Å²) in [5.74, 6) is -0.867. The molecule has 0 bridgehead atoms. The summed E-state index contributed by atoms with van der Waals surface area (Å²) in [5, 5.41) is 10.0. The molecule has 22 heavy (non-hydrogen) atoms. The number of hydrogen-bond acceptors (Lipinski definition) is 3. The van der Waals surface area contributed by atoms with Crippen molar-refractivity contribution in [3.63, 3.8) is 0 Å². The van der Waals surface area contributed by atoms with Gasteiger partial charge >= 0.3 is 5.97 Å². The van der Waals surface area contributed by atoms with Crippen LogP contribution in [0.1, 0.15) is 44.1 Å². The summed E-state index contributed by atoms with van der Waals surface area (Å²) >= 11 is 5.93. The minimum Gasteiger partial charge on any atom is -0.480 e. The maximum atomic E-state index is 11.4. The monoisotopic (exact) mass is 325 g/mol. The van der Waals surface area contributed by atoms with Crippen LogP contribution in [0, 0.1) is 5.92 Å². The maximum absolute atomic E-state index is 11.4. The maximum Gasteiger partial charge on any atom is 0.321 e. The molecule has 0 aromatic heterocycles. The molecule has 122 valence electrons. The number of carboxylic acid groups (broad SMARTS) is 1. The van der Waals surface area contributed by atoms with Gasteiger partial charge < -0.3 is 15.6 Å². The van der Waals surface area contributed by atoms with Crippen LogP contribution in [0.2, 0.25) is 5.02 Å². The van der Waals surface area contributed by atoms with E-state index in [-0.39, 0.29) is 11.8 Å². The van der Waals surface area contributed by atoms with Gasteiger partial charge in [-0.15, -0.1) is 0 Å². The average Bonchev–Trinajstić information content (AvgIpc) is 2.51. The number of carboxylic acids is 1. The molecule has 4 nitrogen and oxygen atoms in total. The normalized spacial score (nSPS) is 24.7. The zero-order chi connectivity index (χ0) is 16.1. The van der Waals surface area contributed by atoms with E-state index in [1.165, 1.54) is 0 Å². The summed E-state index contributed by atoms with van der Waals surface area (Å²) in [6.45, 7) is 2.73. The third kappa shape index (κ3) is 4.22. The summed E-state index contributed by atoms with van der Waals surface area (Å²) < 4.78 is 5.68. The number of rotatable bonds is 6. The van der Waals surface area contributed by atoms with Crippen molar-refractivity contribution in [2.75, 3.05) is 6.61 Å². The van der Waals surface area contributed by atoms with E-state index in [1.54, 1.807) is 12.1 Å². The van der Waals surface area contributed by atoms with Crippen molar-refractivity contribution in [2.45, 2.75) is 50.7 Å². The number of hydrogen-bond donors (Lipinski definition) is 2. The molecule has 0 aliphatic heterocycles. The number of carbonyl (C=O) groups is 1. The molecule has 0 spiro atoms. The zero-order valence-electron chi connectivity index (χ0n) is 12.9. The predicted molar refractivity (Wildman–Crippen MR) is 87.2 cm³/mol. The second-order valence-corrected chi connectivity index (χ2v) is 6.37. The molecule has 0 saturated heterocycles. The fraction of sp³-hybridized carbons (Fsp3) is 0.588. The van der Waals surface area contributed by atoms with Crippen molar-refractivity contribution in [3.8, 4) is 0 Å². The molecular formula is C17H24ClNO3. The number of nitrogens with two attached hydrogens (primary N) is 1. The van der Waals surface area contributed by atoms with Crippen LogP contribution in [0.3, 0.4) is 0 Å². The SMILES string of the molecule is CCO[C@H]1CC[C@H]([C@H](c2ccc(Cl)cc2)[C@H](N)C(=O)O)CC1. The van der Waals surface area contributed by atoms with E-state index in [1.807, 2.05) is 19.1 Å². The molecule has 0 radical (unpaired) electrons. The highest BCUT2D eigenvalue weighted by Crippen LogP contribution is 2.39. The molecule has 1 aromatic carbocycles. The van der Waals surface area contributed by atoms with Crippen molar-refractivity contribution < 1.29 is 14.6 Å². The largest absolute Gasteiger partial charge is 0.480 e. The molecule has 1 aliphatic rings. The predicted octanol–water partition coefficient (Wildman–Crippen LogP) is 3.43. The number of benzene rings is 1. The van der Waals surface area contributed by atoms with Gasteiger partial charge in [-0.3, -0.25) is 4.79 Å². The van der Waals surface area contributed by atoms with Crippen molar-refractivity contribution in [1.82, 2.24) is 0 Å². The second-order valence-electron chi connectivity index (χ2n) is 5.93. The van der Waals surface area contributed by atoms with E-state index in [4.69, 9.17) is 22.1 Å². The number of ether oxygens (including phenoxy) is 1. The molecule has 1 aromatic rings. The molecule has 2 atom stereocenters. The van der Waals surface area contributed by atoms with E-state index < -0.39 is 12.0 Å². The Morgan fingerprint density at radius 3 is 2.41 bits per heavy atom. The third-order valence-electron chi connectivity index (χ3n) is 4.56. The Morgan fingerprint density at radius 2 is 1.91 bits per heavy atom. The fourth-order valence-electron chi connectivity index (χ4n) is 3.46. The molecule has 1 fully saturated rings. The molecule has 0 amide bonds. The van der Waals surface area contributed by atoms with Crippen LogP contribution in [0.4, 0.5) is 0 Å². The average molecular weight is 326 g/mol. The van der Waals surface area contributed by atoms with Crippen LogP contribution < -0.4 is 5.73 Å². The quantitative estimate of drug-likeness (QED) is 0.840. The lowest BCUT2D eigenvalue weighted by molar-refractivity contribution is -0.139. The lowest BCUT2D eigenvalue weighted by Crippen LogP contribution is -2.41. The lowest BCUT2D eigenvalue weighted by atomic mass is 9.73. The summed E-state index contributed by atoms with van der Waals surface area (Å²) in [4.78, 5) is 11.4. The number of aliphatic carboxylic acids is 1. The van der Waals surface area contributed by atoms with Gasteiger partial charge in [-0.05, 0) is 56.2 Å². The van der Waals surface area contributed by atoms with Crippen molar-refractivity contribution >= 4 is 17.6 Å². The van der Waals surface area contributed by atoms with Gasteiger partial charge in [0.05, 0.1) is 6.10 Å². The van der Waals surface area contributed by atoms with E-state index >= 15 is 0 Å². The molecule has 1 aliphatic carbocycles. The first-order valence-electron chi connectivity index (χ1n) is 7.88. The van der Waals surface area contributed by atoms with Gasteiger partial charge in [0.2, 0.25) is 0 Å². The van der Waals surface area contributed by atoms with Crippen LogP contribution in [-0.2, 0) is 9.53 Å². The minimum atomic E-state index is -0.952. The van der Waals surface area contributed by atoms with Crippen LogP contribution in [-0.4, -0.2) is 29.8 Å². The molecule has 1 saturated carbocycles. The van der Waals surface area contributed by atoms with Crippen molar-refractivity contribution in [2.24, 2.45) is 11.7 Å². The van der Waals surface area contributed by atoms with Gasteiger partial charge in [-0.25, -0.2) is 0 Å². The van der Waals surface area contributed by atoms with Crippen LogP contribution in [0.5, 0.6) is 0 Å². The Morgan fingerprint density at radius 1 is 1.32 bits per heavy atom. The second kappa shape index (κ2) is 7.95. The lowest BCUT2D eigenvalue weighted by Gasteiger charge is -2.35. The molecular weight excluding hydrogens is 302 g/mol. The number of halogens is 1. The first kappa shape index (κ1) is 17.3. The summed E-state index contributed by atoms with van der Waals surface area (Å²) in [7, 11) is 0.